The number of hydrogen-bond acceptors (Lipinski definition) is 5. The fraction of sp³-hybridized carbons (Fsp3) is 0.533. The molecule has 7 nitrogen and oxygen atoms in total. The van der Waals surface area contributed by atoms with Gasteiger partial charge in [0.25, 0.3) is 0 Å². The van der Waals surface area contributed by atoms with Crippen LogP contribution >= 0.6 is 11.3 Å². The fourth-order valence-electron chi connectivity index (χ4n) is 2.42. The predicted molar refractivity (Wildman–Crippen MR) is 85.9 cm³/mol. The van der Waals surface area contributed by atoms with E-state index in [1.165, 1.54) is 7.11 Å². The highest BCUT2D eigenvalue weighted by Gasteiger charge is 2.24. The molecule has 1 saturated heterocycles. The standard InChI is InChI=1S/C15H21N3O4S/c1-22-15(21)18-5-2-11(3-6-18)8-16-13(19)14(20)17-9-12-4-7-23-10-12/h4,7,10-11H,2-3,5-6,8-9H2,1H3,(H,16,19)(H,17,20). The average Bonchev–Trinajstić information content (AvgIpc) is 3.10. The summed E-state index contributed by atoms with van der Waals surface area (Å²) in [5, 5.41) is 9.09. The molecule has 1 aromatic heterocycles. The predicted octanol–water partition coefficient (Wildman–Crippen LogP) is 0.959. The molecule has 2 N–H and O–H groups in total. The number of nitrogens with one attached hydrogen (secondary N) is 2. The lowest BCUT2D eigenvalue weighted by molar-refractivity contribution is -0.139. The summed E-state index contributed by atoms with van der Waals surface area (Å²) >= 11 is 1.54. The summed E-state index contributed by atoms with van der Waals surface area (Å²) in [4.78, 5) is 36.5. The normalized spacial score (nSPS) is 15.1. The van der Waals surface area contributed by atoms with Gasteiger partial charge in [0, 0.05) is 26.2 Å². The van der Waals surface area contributed by atoms with Gasteiger partial charge in [-0.25, -0.2) is 4.79 Å². The lowest BCUT2D eigenvalue weighted by Gasteiger charge is -2.30. The van der Waals surface area contributed by atoms with Gasteiger partial charge in [-0.2, -0.15) is 11.3 Å². The summed E-state index contributed by atoms with van der Waals surface area (Å²) in [6, 6.07) is 1.90. The van der Waals surface area contributed by atoms with E-state index in [1.807, 2.05) is 16.8 Å². The Morgan fingerprint density at radius 2 is 1.96 bits per heavy atom. The average molecular weight is 339 g/mol. The number of methoxy groups -OCH3 is 1. The van der Waals surface area contributed by atoms with E-state index in [-0.39, 0.29) is 12.0 Å². The second-order valence-electron chi connectivity index (χ2n) is 5.42. The first kappa shape index (κ1) is 17.3. The molecule has 0 aliphatic carbocycles. The summed E-state index contributed by atoms with van der Waals surface area (Å²) in [6.45, 7) is 2.02. The highest BCUT2D eigenvalue weighted by atomic mass is 32.1. The lowest BCUT2D eigenvalue weighted by atomic mass is 9.97. The molecule has 0 atom stereocenters. The Morgan fingerprint density at radius 1 is 1.26 bits per heavy atom. The summed E-state index contributed by atoms with van der Waals surface area (Å²) < 4.78 is 4.68. The van der Waals surface area contributed by atoms with Crippen molar-refractivity contribution in [1.29, 1.82) is 0 Å². The monoisotopic (exact) mass is 339 g/mol. The zero-order chi connectivity index (χ0) is 16.7. The molecule has 1 aliphatic heterocycles. The van der Waals surface area contributed by atoms with Crippen LogP contribution in [-0.4, -0.2) is 49.6 Å². The molecule has 23 heavy (non-hydrogen) atoms. The number of piperidine rings is 1. The Bertz CT molecular complexity index is 539. The number of likely N-dealkylation sites (tertiary alicyclic amines) is 1. The van der Waals surface area contributed by atoms with Crippen molar-refractivity contribution >= 4 is 29.2 Å². The topological polar surface area (TPSA) is 87.7 Å². The Morgan fingerprint density at radius 3 is 2.57 bits per heavy atom. The number of thiophene rings is 1. The number of rotatable bonds is 4. The van der Waals surface area contributed by atoms with E-state index in [0.29, 0.717) is 26.2 Å². The van der Waals surface area contributed by atoms with Gasteiger partial charge in [-0.05, 0) is 41.1 Å². The molecule has 0 radical (unpaired) electrons. The molecular weight excluding hydrogens is 318 g/mol. The Kier molecular flexibility index (Phi) is 6.40. The van der Waals surface area contributed by atoms with Gasteiger partial charge in [0.2, 0.25) is 0 Å². The van der Waals surface area contributed by atoms with E-state index in [9.17, 15) is 14.4 Å². The maximum Gasteiger partial charge on any atom is 0.409 e. The van der Waals surface area contributed by atoms with Gasteiger partial charge >= 0.3 is 17.9 Å². The molecule has 1 aliphatic rings. The Balaban J connectivity index is 1.64. The van der Waals surface area contributed by atoms with Crippen LogP contribution in [0.3, 0.4) is 0 Å². The van der Waals surface area contributed by atoms with Gasteiger partial charge in [0.05, 0.1) is 7.11 Å². The van der Waals surface area contributed by atoms with Crippen LogP contribution < -0.4 is 10.6 Å². The highest BCUT2D eigenvalue weighted by Crippen LogP contribution is 2.16. The lowest BCUT2D eigenvalue weighted by Crippen LogP contribution is -2.44. The van der Waals surface area contributed by atoms with Gasteiger partial charge in [-0.15, -0.1) is 0 Å². The smallest absolute Gasteiger partial charge is 0.409 e. The minimum Gasteiger partial charge on any atom is -0.453 e. The second-order valence-corrected chi connectivity index (χ2v) is 6.20. The van der Waals surface area contributed by atoms with Crippen molar-refractivity contribution in [2.75, 3.05) is 26.7 Å². The van der Waals surface area contributed by atoms with Crippen molar-refractivity contribution in [3.05, 3.63) is 22.4 Å². The van der Waals surface area contributed by atoms with Crippen LogP contribution in [0.15, 0.2) is 16.8 Å². The number of ether oxygens (including phenoxy) is 1. The minimum absolute atomic E-state index is 0.268. The molecule has 2 rings (SSSR count). The maximum absolute atomic E-state index is 11.8. The van der Waals surface area contributed by atoms with Crippen LogP contribution in [0.5, 0.6) is 0 Å². The molecule has 0 unspecified atom stereocenters. The van der Waals surface area contributed by atoms with Crippen LogP contribution in [0.2, 0.25) is 0 Å². The van der Waals surface area contributed by atoms with Crippen molar-refractivity contribution in [3.63, 3.8) is 0 Å². The fourth-order valence-corrected chi connectivity index (χ4v) is 3.09. The number of carbonyl (C=O) groups is 3. The SMILES string of the molecule is COC(=O)N1CCC(CNC(=O)C(=O)NCc2ccsc2)CC1. The van der Waals surface area contributed by atoms with Crippen molar-refractivity contribution in [2.45, 2.75) is 19.4 Å². The van der Waals surface area contributed by atoms with E-state index in [2.05, 4.69) is 15.4 Å². The van der Waals surface area contributed by atoms with E-state index in [4.69, 9.17) is 0 Å². The first-order valence-electron chi connectivity index (χ1n) is 7.50. The molecule has 8 heteroatoms. The van der Waals surface area contributed by atoms with Crippen LogP contribution in [-0.2, 0) is 20.9 Å². The molecule has 0 bridgehead atoms. The summed E-state index contributed by atoms with van der Waals surface area (Å²) in [5.41, 5.74) is 0.978. The minimum atomic E-state index is -0.622. The zero-order valence-corrected chi connectivity index (χ0v) is 13.9. The molecule has 1 aromatic rings. The van der Waals surface area contributed by atoms with E-state index < -0.39 is 11.8 Å². The largest absolute Gasteiger partial charge is 0.453 e. The van der Waals surface area contributed by atoms with Gasteiger partial charge in [-0.3, -0.25) is 9.59 Å². The zero-order valence-electron chi connectivity index (χ0n) is 13.0. The van der Waals surface area contributed by atoms with Gasteiger partial charge in [0.1, 0.15) is 0 Å². The Labute approximate surface area is 139 Å². The molecule has 1 fully saturated rings. The van der Waals surface area contributed by atoms with Crippen LogP contribution in [0, 0.1) is 5.92 Å². The quantitative estimate of drug-likeness (QED) is 0.800. The molecule has 0 saturated carbocycles. The summed E-state index contributed by atoms with van der Waals surface area (Å²) in [6.07, 6.45) is 1.25. The van der Waals surface area contributed by atoms with E-state index in [0.717, 1.165) is 18.4 Å². The van der Waals surface area contributed by atoms with Gasteiger partial charge < -0.3 is 20.3 Å². The van der Waals surface area contributed by atoms with Gasteiger partial charge in [0.15, 0.2) is 0 Å². The van der Waals surface area contributed by atoms with Crippen LogP contribution in [0.25, 0.3) is 0 Å². The number of carbonyl (C=O) groups excluding carboxylic acids is 3. The van der Waals surface area contributed by atoms with Crippen molar-refractivity contribution in [2.24, 2.45) is 5.92 Å². The third-order valence-electron chi connectivity index (χ3n) is 3.84. The van der Waals surface area contributed by atoms with E-state index >= 15 is 0 Å². The van der Waals surface area contributed by atoms with Crippen LogP contribution in [0.1, 0.15) is 18.4 Å². The molecule has 0 spiro atoms. The van der Waals surface area contributed by atoms with Crippen molar-refractivity contribution in [1.82, 2.24) is 15.5 Å². The van der Waals surface area contributed by atoms with Crippen LogP contribution in [0.4, 0.5) is 4.79 Å². The number of nitrogens with zero attached hydrogens (tertiary/aromatic N) is 1. The second kappa shape index (κ2) is 8.52. The first-order valence-corrected chi connectivity index (χ1v) is 8.44. The number of amides is 3. The third-order valence-corrected chi connectivity index (χ3v) is 4.57. The van der Waals surface area contributed by atoms with E-state index in [1.54, 1.807) is 16.2 Å². The number of hydrogen-bond donors (Lipinski definition) is 2. The third kappa shape index (κ3) is 5.24. The first-order chi connectivity index (χ1) is 11.1. The van der Waals surface area contributed by atoms with Gasteiger partial charge in [-0.1, -0.05) is 0 Å². The molecule has 3 amide bonds. The maximum atomic E-state index is 11.8. The summed E-state index contributed by atoms with van der Waals surface area (Å²) in [7, 11) is 1.36. The van der Waals surface area contributed by atoms with Crippen molar-refractivity contribution in [3.8, 4) is 0 Å². The molecule has 126 valence electrons. The molecular formula is C15H21N3O4S. The Hall–Kier alpha value is -2.09. The molecule has 0 aromatic carbocycles. The van der Waals surface area contributed by atoms with Crippen molar-refractivity contribution < 1.29 is 19.1 Å². The highest BCUT2D eigenvalue weighted by molar-refractivity contribution is 7.07. The molecule has 2 heterocycles. The summed E-state index contributed by atoms with van der Waals surface area (Å²) in [5.74, 6) is -0.969.